The number of hydrogen-bond donors (Lipinski definition) is 0. The van der Waals surface area contributed by atoms with Gasteiger partial charge in [0, 0.05) is 43.0 Å². The zero-order valence-corrected chi connectivity index (χ0v) is 15.0. The molecule has 1 aromatic carbocycles. The van der Waals surface area contributed by atoms with Gasteiger partial charge in [-0.2, -0.15) is 0 Å². The predicted octanol–water partition coefficient (Wildman–Crippen LogP) is 4.30. The number of pyridine rings is 1. The van der Waals surface area contributed by atoms with E-state index in [1.54, 1.807) is 0 Å². The maximum atomic E-state index is 11.7. The summed E-state index contributed by atoms with van der Waals surface area (Å²) in [6, 6.07) is 12.3. The molecule has 0 aliphatic carbocycles. The summed E-state index contributed by atoms with van der Waals surface area (Å²) in [7, 11) is 0. The molecule has 25 heavy (non-hydrogen) atoms. The van der Waals surface area contributed by atoms with Gasteiger partial charge in [-0.15, -0.1) is 0 Å². The first-order chi connectivity index (χ1) is 12.1. The first-order valence-electron chi connectivity index (χ1n) is 8.73. The Kier molecular flexibility index (Phi) is 5.29. The normalized spacial score (nSPS) is 12.6. The summed E-state index contributed by atoms with van der Waals surface area (Å²) < 4.78 is 5.39. The highest BCUT2D eigenvalue weighted by molar-refractivity contribution is 5.80. The highest BCUT2D eigenvalue weighted by atomic mass is 16.4. The van der Waals surface area contributed by atoms with Gasteiger partial charge in [0.2, 0.25) is 0 Å². The van der Waals surface area contributed by atoms with Crippen LogP contribution in [0.4, 0.5) is 0 Å². The molecule has 4 nitrogen and oxygen atoms in total. The largest absolute Gasteiger partial charge is 0.423 e. The van der Waals surface area contributed by atoms with E-state index in [0.717, 1.165) is 36.0 Å². The van der Waals surface area contributed by atoms with Crippen LogP contribution in [0.3, 0.4) is 0 Å². The average molecular weight is 336 g/mol. The Morgan fingerprint density at radius 2 is 1.80 bits per heavy atom. The molecule has 0 spiro atoms. The van der Waals surface area contributed by atoms with Crippen molar-refractivity contribution in [1.29, 1.82) is 0 Å². The van der Waals surface area contributed by atoms with E-state index in [9.17, 15) is 4.79 Å². The van der Waals surface area contributed by atoms with E-state index in [4.69, 9.17) is 4.42 Å². The summed E-state index contributed by atoms with van der Waals surface area (Å²) in [6.45, 7) is 8.06. The summed E-state index contributed by atoms with van der Waals surface area (Å²) in [6.07, 6.45) is 4.74. The molecule has 130 valence electrons. The third kappa shape index (κ3) is 4.15. The molecule has 3 aromatic rings. The Morgan fingerprint density at radius 3 is 2.52 bits per heavy atom. The second-order valence-electron chi connectivity index (χ2n) is 6.60. The molecule has 2 aromatic heterocycles. The van der Waals surface area contributed by atoms with Gasteiger partial charge in [0.15, 0.2) is 0 Å². The van der Waals surface area contributed by atoms with E-state index in [-0.39, 0.29) is 5.63 Å². The van der Waals surface area contributed by atoms with Gasteiger partial charge >= 0.3 is 5.63 Å². The topological polar surface area (TPSA) is 46.3 Å². The second-order valence-corrected chi connectivity index (χ2v) is 6.60. The van der Waals surface area contributed by atoms with Gasteiger partial charge in [0.1, 0.15) is 5.58 Å². The molecule has 0 saturated heterocycles. The van der Waals surface area contributed by atoms with Gasteiger partial charge < -0.3 is 4.42 Å². The van der Waals surface area contributed by atoms with Crippen molar-refractivity contribution in [2.45, 2.75) is 46.3 Å². The molecule has 3 rings (SSSR count). The lowest BCUT2D eigenvalue weighted by molar-refractivity contribution is 0.186. The van der Waals surface area contributed by atoms with E-state index < -0.39 is 0 Å². The highest BCUT2D eigenvalue weighted by Crippen LogP contribution is 2.21. The molecule has 0 fully saturated rings. The monoisotopic (exact) mass is 336 g/mol. The average Bonchev–Trinajstić information content (AvgIpc) is 2.61. The van der Waals surface area contributed by atoms with Crippen LogP contribution in [0.1, 0.15) is 37.0 Å². The zero-order valence-electron chi connectivity index (χ0n) is 15.0. The Labute approximate surface area is 148 Å². The lowest BCUT2D eigenvalue weighted by Crippen LogP contribution is -2.31. The number of hydrogen-bond acceptors (Lipinski definition) is 4. The molecule has 0 radical (unpaired) electrons. The van der Waals surface area contributed by atoms with Crippen LogP contribution in [0.15, 0.2) is 58.0 Å². The lowest BCUT2D eigenvalue weighted by atomic mass is 10.1. The molecule has 0 amide bonds. The Bertz CT molecular complexity index is 903. The van der Waals surface area contributed by atoms with Crippen molar-refractivity contribution in [2.24, 2.45) is 0 Å². The van der Waals surface area contributed by atoms with Gasteiger partial charge in [-0.3, -0.25) is 9.88 Å². The molecule has 0 bridgehead atoms. The molecular weight excluding hydrogens is 312 g/mol. The molecule has 0 aliphatic heterocycles. The van der Waals surface area contributed by atoms with Crippen LogP contribution in [0.5, 0.6) is 0 Å². The fourth-order valence-corrected chi connectivity index (χ4v) is 3.05. The number of aromatic nitrogens is 1. The SMILES string of the molecule is CCC(C)N(Cc1ccncc1)Cc1ccc2c(C)cc(=O)oc2c1. The Morgan fingerprint density at radius 1 is 1.08 bits per heavy atom. The van der Waals surface area contributed by atoms with Crippen LogP contribution >= 0.6 is 0 Å². The molecule has 2 heterocycles. The molecule has 0 N–H and O–H groups in total. The van der Waals surface area contributed by atoms with E-state index in [1.165, 1.54) is 11.6 Å². The predicted molar refractivity (Wildman–Crippen MR) is 100 cm³/mol. The highest BCUT2D eigenvalue weighted by Gasteiger charge is 2.14. The second kappa shape index (κ2) is 7.62. The summed E-state index contributed by atoms with van der Waals surface area (Å²) >= 11 is 0. The summed E-state index contributed by atoms with van der Waals surface area (Å²) in [5, 5.41) is 0.993. The van der Waals surface area contributed by atoms with Crippen molar-refractivity contribution in [3.05, 3.63) is 75.9 Å². The molecule has 4 heteroatoms. The Balaban J connectivity index is 1.88. The first-order valence-corrected chi connectivity index (χ1v) is 8.73. The van der Waals surface area contributed by atoms with Crippen molar-refractivity contribution in [1.82, 2.24) is 9.88 Å². The van der Waals surface area contributed by atoms with Crippen molar-refractivity contribution in [2.75, 3.05) is 0 Å². The third-order valence-electron chi connectivity index (χ3n) is 4.75. The van der Waals surface area contributed by atoms with Crippen molar-refractivity contribution in [3.8, 4) is 0 Å². The van der Waals surface area contributed by atoms with Gasteiger partial charge in [0.05, 0.1) is 0 Å². The fraction of sp³-hybridized carbons (Fsp3) is 0.333. The van der Waals surface area contributed by atoms with Crippen molar-refractivity contribution < 1.29 is 4.42 Å². The minimum atomic E-state index is -0.294. The smallest absolute Gasteiger partial charge is 0.336 e. The molecular formula is C21H24N2O2. The van der Waals surface area contributed by atoms with Crippen molar-refractivity contribution >= 4 is 11.0 Å². The van der Waals surface area contributed by atoms with Crippen molar-refractivity contribution in [3.63, 3.8) is 0 Å². The van der Waals surface area contributed by atoms with E-state index in [1.807, 2.05) is 31.5 Å². The summed E-state index contributed by atoms with van der Waals surface area (Å²) in [5.41, 5.74) is 3.72. The maximum Gasteiger partial charge on any atom is 0.336 e. The van der Waals surface area contributed by atoms with Gasteiger partial charge in [-0.25, -0.2) is 4.79 Å². The van der Waals surface area contributed by atoms with Crippen LogP contribution in [0, 0.1) is 6.92 Å². The van der Waals surface area contributed by atoms with E-state index in [0.29, 0.717) is 11.6 Å². The molecule has 1 unspecified atom stereocenters. The fourth-order valence-electron chi connectivity index (χ4n) is 3.05. The van der Waals surface area contributed by atoms with Crippen LogP contribution in [-0.2, 0) is 13.1 Å². The summed E-state index contributed by atoms with van der Waals surface area (Å²) in [5.74, 6) is 0. The van der Waals surface area contributed by atoms with Gasteiger partial charge in [-0.05, 0) is 55.2 Å². The quantitative estimate of drug-likeness (QED) is 0.630. The number of aryl methyl sites for hydroxylation is 1. The lowest BCUT2D eigenvalue weighted by Gasteiger charge is -2.28. The molecule has 0 aliphatic rings. The number of benzene rings is 1. The molecule has 1 atom stereocenters. The minimum Gasteiger partial charge on any atom is -0.423 e. The minimum absolute atomic E-state index is 0.294. The van der Waals surface area contributed by atoms with Crippen LogP contribution in [0.2, 0.25) is 0 Å². The number of fused-ring (bicyclic) bond motifs is 1. The number of rotatable bonds is 6. The van der Waals surface area contributed by atoms with Gasteiger partial charge in [0.25, 0.3) is 0 Å². The summed E-state index contributed by atoms with van der Waals surface area (Å²) in [4.78, 5) is 18.2. The Hall–Kier alpha value is -2.46. The zero-order chi connectivity index (χ0) is 17.8. The molecule has 0 saturated carbocycles. The van der Waals surface area contributed by atoms with E-state index >= 15 is 0 Å². The van der Waals surface area contributed by atoms with E-state index in [2.05, 4.69) is 41.9 Å². The first kappa shape index (κ1) is 17.4. The third-order valence-corrected chi connectivity index (χ3v) is 4.75. The van der Waals surface area contributed by atoms with Crippen LogP contribution in [0.25, 0.3) is 11.0 Å². The standard InChI is InChI=1S/C21H24N2O2/c1-4-16(3)23(13-17-7-9-22-10-8-17)14-18-5-6-19-15(2)11-21(24)25-20(19)12-18/h5-12,16H,4,13-14H2,1-3H3. The van der Waals surface area contributed by atoms with Crippen LogP contribution in [-0.4, -0.2) is 15.9 Å². The maximum absolute atomic E-state index is 11.7. The van der Waals surface area contributed by atoms with Crippen LogP contribution < -0.4 is 5.63 Å². The number of nitrogens with zero attached hydrogens (tertiary/aromatic N) is 2. The van der Waals surface area contributed by atoms with Gasteiger partial charge in [-0.1, -0.05) is 19.1 Å².